The summed E-state index contributed by atoms with van der Waals surface area (Å²) in [6, 6.07) is -0.104. The lowest BCUT2D eigenvalue weighted by Crippen LogP contribution is -2.56. The smallest absolute Gasteiger partial charge is 0.237 e. The third-order valence-electron chi connectivity index (χ3n) is 3.03. The Morgan fingerprint density at radius 2 is 2.17 bits per heavy atom. The Bertz CT molecular complexity index is 274. The first-order valence-corrected chi connectivity index (χ1v) is 6.66. The van der Waals surface area contributed by atoms with E-state index in [0.29, 0.717) is 6.61 Å². The fourth-order valence-electron chi connectivity index (χ4n) is 2.08. The highest BCUT2D eigenvalue weighted by Gasteiger charge is 2.29. The van der Waals surface area contributed by atoms with Gasteiger partial charge in [0.25, 0.3) is 0 Å². The third-order valence-corrected chi connectivity index (χ3v) is 3.03. The molecule has 5 heteroatoms. The van der Waals surface area contributed by atoms with Crippen molar-refractivity contribution in [3.63, 3.8) is 0 Å². The van der Waals surface area contributed by atoms with Crippen LogP contribution in [0.2, 0.25) is 0 Å². The van der Waals surface area contributed by atoms with Crippen LogP contribution in [0.3, 0.4) is 0 Å². The highest BCUT2D eigenvalue weighted by atomic mass is 16.5. The summed E-state index contributed by atoms with van der Waals surface area (Å²) in [5.74, 6) is 0.0904. The topological polar surface area (TPSA) is 53.6 Å². The number of amides is 1. The second-order valence-corrected chi connectivity index (χ2v) is 5.96. The molecule has 2 N–H and O–H groups in total. The van der Waals surface area contributed by atoms with Gasteiger partial charge in [0, 0.05) is 25.2 Å². The number of nitrogens with zero attached hydrogens (tertiary/aromatic N) is 1. The molecule has 1 aliphatic rings. The molecule has 1 heterocycles. The number of rotatable bonds is 4. The summed E-state index contributed by atoms with van der Waals surface area (Å²) in [4.78, 5) is 14.3. The molecule has 1 amide bonds. The van der Waals surface area contributed by atoms with Crippen LogP contribution in [0.4, 0.5) is 0 Å². The highest BCUT2D eigenvalue weighted by molar-refractivity contribution is 5.81. The van der Waals surface area contributed by atoms with Gasteiger partial charge in [-0.15, -0.1) is 0 Å². The van der Waals surface area contributed by atoms with E-state index in [-0.39, 0.29) is 23.6 Å². The lowest BCUT2D eigenvalue weighted by Gasteiger charge is -2.37. The second-order valence-electron chi connectivity index (χ2n) is 5.96. The Morgan fingerprint density at radius 3 is 2.72 bits per heavy atom. The second kappa shape index (κ2) is 6.50. The van der Waals surface area contributed by atoms with E-state index in [9.17, 15) is 4.79 Å². The highest BCUT2D eigenvalue weighted by Crippen LogP contribution is 2.10. The Kier molecular flexibility index (Phi) is 5.56. The molecule has 5 nitrogen and oxygen atoms in total. The van der Waals surface area contributed by atoms with Crippen LogP contribution >= 0.6 is 0 Å². The molecule has 1 rings (SSSR count). The minimum Gasteiger partial charge on any atom is -0.374 e. The van der Waals surface area contributed by atoms with Crippen molar-refractivity contribution in [1.82, 2.24) is 15.5 Å². The van der Waals surface area contributed by atoms with E-state index in [0.717, 1.165) is 19.6 Å². The van der Waals surface area contributed by atoms with E-state index in [1.54, 1.807) is 0 Å². The van der Waals surface area contributed by atoms with Crippen molar-refractivity contribution in [2.75, 3.05) is 33.3 Å². The van der Waals surface area contributed by atoms with Crippen LogP contribution in [0.5, 0.6) is 0 Å². The van der Waals surface area contributed by atoms with E-state index in [4.69, 9.17) is 4.74 Å². The summed E-state index contributed by atoms with van der Waals surface area (Å²) in [6.45, 7) is 11.1. The van der Waals surface area contributed by atoms with Gasteiger partial charge >= 0.3 is 0 Å². The van der Waals surface area contributed by atoms with Gasteiger partial charge in [0.1, 0.15) is 0 Å². The molecule has 0 radical (unpaired) electrons. The summed E-state index contributed by atoms with van der Waals surface area (Å²) in [6.07, 6.45) is 0.175. The quantitative estimate of drug-likeness (QED) is 0.756. The molecule has 0 saturated carbocycles. The molecular weight excluding hydrogens is 230 g/mol. The first-order chi connectivity index (χ1) is 8.33. The molecule has 0 aromatic rings. The molecule has 1 fully saturated rings. The van der Waals surface area contributed by atoms with Crippen LogP contribution in [-0.2, 0) is 9.53 Å². The molecular formula is C13H27N3O2. The zero-order valence-electron chi connectivity index (χ0n) is 12.2. The van der Waals surface area contributed by atoms with Crippen molar-refractivity contribution < 1.29 is 9.53 Å². The molecule has 18 heavy (non-hydrogen) atoms. The number of ether oxygens (including phenoxy) is 1. The zero-order valence-corrected chi connectivity index (χ0v) is 12.2. The maximum Gasteiger partial charge on any atom is 0.237 e. The third kappa shape index (κ3) is 4.92. The molecule has 0 aromatic heterocycles. The SMILES string of the molecule is CNCC1CN(C(C)C(=O)NC(C)(C)C)CCO1. The molecule has 106 valence electrons. The van der Waals surface area contributed by atoms with Crippen molar-refractivity contribution >= 4 is 5.91 Å². The first-order valence-electron chi connectivity index (χ1n) is 6.66. The molecule has 2 unspecified atom stereocenters. The van der Waals surface area contributed by atoms with Gasteiger partial charge in [0.2, 0.25) is 5.91 Å². The van der Waals surface area contributed by atoms with E-state index in [1.165, 1.54) is 0 Å². The van der Waals surface area contributed by atoms with Gasteiger partial charge in [-0.25, -0.2) is 0 Å². The number of carbonyl (C=O) groups excluding carboxylic acids is 1. The van der Waals surface area contributed by atoms with Crippen molar-refractivity contribution in [3.05, 3.63) is 0 Å². The fourth-order valence-corrected chi connectivity index (χ4v) is 2.08. The number of likely N-dealkylation sites (N-methyl/N-ethyl adjacent to an activating group) is 1. The van der Waals surface area contributed by atoms with Crippen molar-refractivity contribution in [2.45, 2.75) is 45.4 Å². The maximum atomic E-state index is 12.1. The van der Waals surface area contributed by atoms with Crippen LogP contribution in [-0.4, -0.2) is 61.8 Å². The summed E-state index contributed by atoms with van der Waals surface area (Å²) >= 11 is 0. The number of nitrogens with one attached hydrogen (secondary N) is 2. The van der Waals surface area contributed by atoms with E-state index < -0.39 is 0 Å². The number of hydrogen-bond donors (Lipinski definition) is 2. The molecule has 1 aliphatic heterocycles. The van der Waals surface area contributed by atoms with Crippen LogP contribution in [0.25, 0.3) is 0 Å². The standard InChI is InChI=1S/C13H27N3O2/c1-10(12(17)15-13(2,3)4)16-6-7-18-11(9-16)8-14-5/h10-11,14H,6-9H2,1-5H3,(H,15,17). The van der Waals surface area contributed by atoms with E-state index >= 15 is 0 Å². The summed E-state index contributed by atoms with van der Waals surface area (Å²) in [5, 5.41) is 6.14. The predicted octanol–water partition coefficient (Wildman–Crippen LogP) is 0.210. The lowest BCUT2D eigenvalue weighted by molar-refractivity contribution is -0.130. The summed E-state index contributed by atoms with van der Waals surface area (Å²) < 4.78 is 5.64. The van der Waals surface area contributed by atoms with Gasteiger partial charge in [0.15, 0.2) is 0 Å². The van der Waals surface area contributed by atoms with Crippen molar-refractivity contribution in [1.29, 1.82) is 0 Å². The zero-order chi connectivity index (χ0) is 13.8. The predicted molar refractivity (Wildman–Crippen MR) is 72.6 cm³/mol. The summed E-state index contributed by atoms with van der Waals surface area (Å²) in [7, 11) is 1.91. The van der Waals surface area contributed by atoms with E-state index in [2.05, 4.69) is 15.5 Å². The first kappa shape index (κ1) is 15.4. The molecule has 0 aromatic carbocycles. The molecule has 0 spiro atoms. The van der Waals surface area contributed by atoms with Crippen molar-refractivity contribution in [3.8, 4) is 0 Å². The molecule has 0 aliphatic carbocycles. The molecule has 2 atom stereocenters. The van der Waals surface area contributed by atoms with Crippen molar-refractivity contribution in [2.24, 2.45) is 0 Å². The minimum absolute atomic E-state index is 0.0904. The largest absolute Gasteiger partial charge is 0.374 e. The fraction of sp³-hybridized carbons (Fsp3) is 0.923. The normalized spacial score (nSPS) is 23.7. The number of hydrogen-bond acceptors (Lipinski definition) is 4. The Hall–Kier alpha value is -0.650. The Morgan fingerprint density at radius 1 is 1.50 bits per heavy atom. The maximum absolute atomic E-state index is 12.1. The van der Waals surface area contributed by atoms with Crippen LogP contribution in [0, 0.1) is 0 Å². The molecule has 1 saturated heterocycles. The summed E-state index contributed by atoms with van der Waals surface area (Å²) in [5.41, 5.74) is -0.179. The van der Waals surface area contributed by atoms with Gasteiger partial charge in [-0.2, -0.15) is 0 Å². The van der Waals surface area contributed by atoms with Crippen LogP contribution < -0.4 is 10.6 Å². The average molecular weight is 257 g/mol. The van der Waals surface area contributed by atoms with Gasteiger partial charge in [-0.05, 0) is 34.7 Å². The van der Waals surface area contributed by atoms with Gasteiger partial charge in [-0.3, -0.25) is 9.69 Å². The van der Waals surface area contributed by atoms with Crippen LogP contribution in [0.15, 0.2) is 0 Å². The average Bonchev–Trinajstić information content (AvgIpc) is 2.26. The van der Waals surface area contributed by atoms with Crippen LogP contribution in [0.1, 0.15) is 27.7 Å². The van der Waals surface area contributed by atoms with Gasteiger partial charge in [-0.1, -0.05) is 0 Å². The monoisotopic (exact) mass is 257 g/mol. The number of carbonyl (C=O) groups is 1. The van der Waals surface area contributed by atoms with Gasteiger partial charge in [0.05, 0.1) is 18.8 Å². The lowest BCUT2D eigenvalue weighted by atomic mass is 10.1. The Labute approximate surface area is 110 Å². The molecule has 0 bridgehead atoms. The minimum atomic E-state index is -0.179. The number of morpholine rings is 1. The Balaban J connectivity index is 2.50. The van der Waals surface area contributed by atoms with E-state index in [1.807, 2.05) is 34.7 Å². The van der Waals surface area contributed by atoms with Gasteiger partial charge < -0.3 is 15.4 Å².